The normalized spacial score (nSPS) is 10.4. The minimum atomic E-state index is -1.13. The first kappa shape index (κ1) is 10.8. The van der Waals surface area contributed by atoms with E-state index in [0.717, 1.165) is 6.20 Å². The summed E-state index contributed by atoms with van der Waals surface area (Å²) in [4.78, 5) is 20.4. The number of hydrogen-bond donors (Lipinski definition) is 1. The highest BCUT2D eigenvalue weighted by molar-refractivity contribution is 5.84. The van der Waals surface area contributed by atoms with Crippen molar-refractivity contribution in [2.45, 2.75) is 6.67 Å². The molecule has 0 aliphatic rings. The van der Waals surface area contributed by atoms with Crippen molar-refractivity contribution in [3.63, 3.8) is 0 Å². The first-order chi connectivity index (χ1) is 8.06. The van der Waals surface area contributed by atoms with Crippen LogP contribution in [0.3, 0.4) is 0 Å². The van der Waals surface area contributed by atoms with E-state index in [1.807, 2.05) is 0 Å². The summed E-state index contributed by atoms with van der Waals surface area (Å²) in [5.74, 6) is -1.13. The summed E-state index contributed by atoms with van der Waals surface area (Å²) < 4.78 is 2.61. The van der Waals surface area contributed by atoms with Gasteiger partial charge < -0.3 is 5.11 Å². The van der Waals surface area contributed by atoms with E-state index in [1.54, 1.807) is 0 Å². The monoisotopic (exact) mass is 237 g/mol. The van der Waals surface area contributed by atoms with Crippen LogP contribution in [0.15, 0.2) is 24.7 Å². The summed E-state index contributed by atoms with van der Waals surface area (Å²) in [5.41, 5.74) is -0.220. The third-order valence-electron chi connectivity index (χ3n) is 1.98. The van der Waals surface area contributed by atoms with Crippen LogP contribution >= 0.6 is 0 Å². The number of carboxylic acid groups (broad SMARTS) is 1. The standard InChI is InChI=1S/C8H7N5O4/c14-8(15)7-1-2-11(10-7)5-12-4-6(3-9-12)13(16)17/h1-4H,5H2,(H,14,15). The van der Waals surface area contributed by atoms with Crippen molar-refractivity contribution in [1.29, 1.82) is 0 Å². The summed E-state index contributed by atoms with van der Waals surface area (Å²) in [6, 6.07) is 1.33. The Kier molecular flexibility index (Phi) is 2.57. The molecule has 9 nitrogen and oxygen atoms in total. The van der Waals surface area contributed by atoms with E-state index < -0.39 is 10.9 Å². The summed E-state index contributed by atoms with van der Waals surface area (Å²) in [7, 11) is 0. The molecule has 2 aromatic heterocycles. The van der Waals surface area contributed by atoms with Crippen molar-refractivity contribution in [3.05, 3.63) is 40.5 Å². The quantitative estimate of drug-likeness (QED) is 0.599. The second kappa shape index (κ2) is 4.04. The molecule has 0 radical (unpaired) electrons. The van der Waals surface area contributed by atoms with E-state index in [2.05, 4.69) is 10.2 Å². The summed E-state index contributed by atoms with van der Waals surface area (Å²) >= 11 is 0. The predicted octanol–water partition coefficient (Wildman–Crippen LogP) is 0.192. The summed E-state index contributed by atoms with van der Waals surface area (Å²) in [6.07, 6.45) is 3.81. The zero-order chi connectivity index (χ0) is 12.4. The molecule has 0 aliphatic carbocycles. The Bertz CT molecular complexity index is 522. The highest BCUT2D eigenvalue weighted by Gasteiger charge is 2.10. The van der Waals surface area contributed by atoms with Crippen molar-refractivity contribution < 1.29 is 14.8 Å². The Hall–Kier alpha value is -2.71. The number of nitrogens with zero attached hydrogens (tertiary/aromatic N) is 5. The minimum Gasteiger partial charge on any atom is -0.476 e. The van der Waals surface area contributed by atoms with Gasteiger partial charge in [0.25, 0.3) is 0 Å². The SMILES string of the molecule is O=C(O)c1ccn(Cn2cc([N+](=O)[O-])cn2)n1. The second-order valence-corrected chi connectivity index (χ2v) is 3.18. The largest absolute Gasteiger partial charge is 0.476 e. The Morgan fingerprint density at radius 1 is 1.53 bits per heavy atom. The average Bonchev–Trinajstić information content (AvgIpc) is 2.87. The molecule has 2 heterocycles. The molecule has 0 unspecified atom stereocenters. The molecule has 17 heavy (non-hydrogen) atoms. The van der Waals surface area contributed by atoms with Crippen LogP contribution in [0.5, 0.6) is 0 Å². The average molecular weight is 237 g/mol. The molecule has 2 rings (SSSR count). The lowest BCUT2D eigenvalue weighted by molar-refractivity contribution is -0.385. The molecule has 88 valence electrons. The maximum absolute atomic E-state index is 10.6. The van der Waals surface area contributed by atoms with Gasteiger partial charge in [-0.3, -0.25) is 14.8 Å². The zero-order valence-corrected chi connectivity index (χ0v) is 8.42. The fourth-order valence-electron chi connectivity index (χ4n) is 1.23. The fourth-order valence-corrected chi connectivity index (χ4v) is 1.23. The molecule has 0 amide bonds. The third kappa shape index (κ3) is 2.27. The number of hydrogen-bond acceptors (Lipinski definition) is 5. The smallest absolute Gasteiger partial charge is 0.356 e. The molecule has 0 saturated carbocycles. The first-order valence-electron chi connectivity index (χ1n) is 4.50. The molecule has 9 heteroatoms. The first-order valence-corrected chi connectivity index (χ1v) is 4.50. The number of rotatable bonds is 4. The highest BCUT2D eigenvalue weighted by Crippen LogP contribution is 2.07. The maximum atomic E-state index is 10.6. The number of carbonyl (C=O) groups is 1. The Labute approximate surface area is 94.0 Å². The molecule has 0 bridgehead atoms. The van der Waals surface area contributed by atoms with Gasteiger partial charge in [-0.2, -0.15) is 10.2 Å². The Balaban J connectivity index is 2.13. The van der Waals surface area contributed by atoms with Crippen LogP contribution in [-0.2, 0) is 6.67 Å². The number of nitro groups is 1. The van der Waals surface area contributed by atoms with Crippen molar-refractivity contribution in [2.75, 3.05) is 0 Å². The van der Waals surface area contributed by atoms with Crippen LogP contribution in [0.4, 0.5) is 5.69 Å². The van der Waals surface area contributed by atoms with Crippen LogP contribution in [0.25, 0.3) is 0 Å². The van der Waals surface area contributed by atoms with E-state index >= 15 is 0 Å². The van der Waals surface area contributed by atoms with Gasteiger partial charge in [0.05, 0.1) is 4.92 Å². The van der Waals surface area contributed by atoms with Crippen LogP contribution in [-0.4, -0.2) is 35.6 Å². The molecule has 0 fully saturated rings. The maximum Gasteiger partial charge on any atom is 0.356 e. The van der Waals surface area contributed by atoms with Crippen LogP contribution < -0.4 is 0 Å². The molecule has 0 saturated heterocycles. The number of aromatic carboxylic acids is 1. The lowest BCUT2D eigenvalue weighted by atomic mass is 10.5. The van der Waals surface area contributed by atoms with Gasteiger partial charge in [0.1, 0.15) is 19.1 Å². The predicted molar refractivity (Wildman–Crippen MR) is 53.5 cm³/mol. The molecule has 0 atom stereocenters. The van der Waals surface area contributed by atoms with Gasteiger partial charge in [-0.05, 0) is 6.07 Å². The summed E-state index contributed by atoms with van der Waals surface area (Å²) in [5, 5.41) is 26.6. The van der Waals surface area contributed by atoms with E-state index in [0.29, 0.717) is 0 Å². The van der Waals surface area contributed by atoms with Crippen molar-refractivity contribution in [1.82, 2.24) is 19.6 Å². The van der Waals surface area contributed by atoms with Crippen molar-refractivity contribution in [2.24, 2.45) is 0 Å². The molecule has 0 spiro atoms. The van der Waals surface area contributed by atoms with Gasteiger partial charge in [-0.25, -0.2) is 9.48 Å². The second-order valence-electron chi connectivity index (χ2n) is 3.18. The highest BCUT2D eigenvalue weighted by atomic mass is 16.6. The van der Waals surface area contributed by atoms with Gasteiger partial charge >= 0.3 is 11.7 Å². The van der Waals surface area contributed by atoms with E-state index in [4.69, 9.17) is 5.11 Å². The third-order valence-corrected chi connectivity index (χ3v) is 1.98. The van der Waals surface area contributed by atoms with Crippen molar-refractivity contribution in [3.8, 4) is 0 Å². The number of carboxylic acids is 1. The Morgan fingerprint density at radius 3 is 2.82 bits per heavy atom. The van der Waals surface area contributed by atoms with Crippen molar-refractivity contribution >= 4 is 11.7 Å². The molecule has 1 N–H and O–H groups in total. The van der Waals surface area contributed by atoms with E-state index in [9.17, 15) is 14.9 Å². The molecule has 2 aromatic rings. The lowest BCUT2D eigenvalue weighted by Crippen LogP contribution is -2.10. The zero-order valence-electron chi connectivity index (χ0n) is 8.42. The minimum absolute atomic E-state index is 0.0911. The summed E-state index contributed by atoms with van der Waals surface area (Å²) in [6.45, 7) is 0.112. The van der Waals surface area contributed by atoms with Gasteiger partial charge in [-0.1, -0.05) is 0 Å². The van der Waals surface area contributed by atoms with Gasteiger partial charge in [0.2, 0.25) is 0 Å². The molecule has 0 aromatic carbocycles. The molecule has 0 aliphatic heterocycles. The van der Waals surface area contributed by atoms with E-state index in [-0.39, 0.29) is 18.1 Å². The van der Waals surface area contributed by atoms with Gasteiger partial charge in [0.15, 0.2) is 5.69 Å². The van der Waals surface area contributed by atoms with Gasteiger partial charge in [-0.15, -0.1) is 0 Å². The lowest BCUT2D eigenvalue weighted by Gasteiger charge is -1.99. The van der Waals surface area contributed by atoms with Crippen LogP contribution in [0.1, 0.15) is 10.5 Å². The van der Waals surface area contributed by atoms with Gasteiger partial charge in [0, 0.05) is 6.20 Å². The molecular formula is C8H7N5O4. The topological polar surface area (TPSA) is 116 Å². The number of aromatic nitrogens is 4. The fraction of sp³-hybridized carbons (Fsp3) is 0.125. The Morgan fingerprint density at radius 2 is 2.29 bits per heavy atom. The van der Waals surface area contributed by atoms with Crippen LogP contribution in [0.2, 0.25) is 0 Å². The molecular weight excluding hydrogens is 230 g/mol. The van der Waals surface area contributed by atoms with Crippen LogP contribution in [0, 0.1) is 10.1 Å². The van der Waals surface area contributed by atoms with E-state index in [1.165, 1.54) is 27.8 Å².